The number of rotatable bonds is 3. The Labute approximate surface area is 181 Å². The van der Waals surface area contributed by atoms with E-state index in [4.69, 9.17) is 14.2 Å². The molecule has 0 aliphatic carbocycles. The van der Waals surface area contributed by atoms with Gasteiger partial charge in [0.15, 0.2) is 6.23 Å². The standard InChI is InChI=1S/C23H18F3NO5/c1-30-21(28)18-19(22(29)31-2)27-16-6-4-3-5-13(16)9-12-17(27)32-20(18)14-7-10-15(11-8-14)23(24,25)26/h3-12,17,20H,1-2H3/t17-,20-/m0/s1. The number of hydrogen-bond acceptors (Lipinski definition) is 6. The number of carbonyl (C=O) groups is 2. The predicted molar refractivity (Wildman–Crippen MR) is 108 cm³/mol. The van der Waals surface area contributed by atoms with Crippen molar-refractivity contribution in [2.75, 3.05) is 19.1 Å². The van der Waals surface area contributed by atoms with Gasteiger partial charge in [0.05, 0.1) is 25.5 Å². The van der Waals surface area contributed by atoms with Gasteiger partial charge in [-0.25, -0.2) is 9.59 Å². The maximum Gasteiger partial charge on any atom is 0.416 e. The van der Waals surface area contributed by atoms with Gasteiger partial charge in [-0.1, -0.05) is 36.4 Å². The van der Waals surface area contributed by atoms with Crippen LogP contribution in [0.4, 0.5) is 18.9 Å². The number of methoxy groups -OCH3 is 2. The normalized spacial score (nSPS) is 19.8. The summed E-state index contributed by atoms with van der Waals surface area (Å²) in [6.45, 7) is 0. The highest BCUT2D eigenvalue weighted by atomic mass is 19.4. The minimum absolute atomic E-state index is 0.0997. The quantitative estimate of drug-likeness (QED) is 0.659. The molecule has 0 saturated heterocycles. The molecule has 2 heterocycles. The van der Waals surface area contributed by atoms with Gasteiger partial charge in [0.2, 0.25) is 0 Å². The van der Waals surface area contributed by atoms with Gasteiger partial charge in [-0.15, -0.1) is 0 Å². The lowest BCUT2D eigenvalue weighted by Gasteiger charge is -2.43. The summed E-state index contributed by atoms with van der Waals surface area (Å²) in [6.07, 6.45) is -2.99. The highest BCUT2D eigenvalue weighted by Crippen LogP contribution is 2.44. The lowest BCUT2D eigenvalue weighted by molar-refractivity contribution is -0.142. The van der Waals surface area contributed by atoms with E-state index in [9.17, 15) is 22.8 Å². The van der Waals surface area contributed by atoms with Crippen molar-refractivity contribution in [3.63, 3.8) is 0 Å². The second-order valence-electron chi connectivity index (χ2n) is 7.06. The average Bonchev–Trinajstić information content (AvgIpc) is 2.81. The SMILES string of the molecule is COC(=O)C1=C(C(=O)OC)N2c3ccccc3C=C[C@@H]2O[C@H]1c1ccc(C(F)(F)F)cc1. The number of carbonyl (C=O) groups excluding carboxylic acids is 2. The zero-order valence-electron chi connectivity index (χ0n) is 17.1. The highest BCUT2D eigenvalue weighted by Gasteiger charge is 2.44. The first-order valence-electron chi connectivity index (χ1n) is 9.56. The third kappa shape index (κ3) is 3.64. The summed E-state index contributed by atoms with van der Waals surface area (Å²) < 4.78 is 55.0. The molecule has 0 fully saturated rings. The smallest absolute Gasteiger partial charge is 0.416 e. The number of ether oxygens (including phenoxy) is 3. The third-order valence-corrected chi connectivity index (χ3v) is 5.25. The van der Waals surface area contributed by atoms with Crippen LogP contribution in [0.5, 0.6) is 0 Å². The second kappa shape index (κ2) is 8.16. The lowest BCUT2D eigenvalue weighted by atomic mass is 9.94. The van der Waals surface area contributed by atoms with Crippen LogP contribution in [0, 0.1) is 0 Å². The fraction of sp³-hybridized carbons (Fsp3) is 0.217. The Morgan fingerprint density at radius 3 is 2.25 bits per heavy atom. The van der Waals surface area contributed by atoms with E-state index in [1.165, 1.54) is 24.1 Å². The van der Waals surface area contributed by atoms with E-state index in [2.05, 4.69) is 0 Å². The van der Waals surface area contributed by atoms with Crippen molar-refractivity contribution in [1.82, 2.24) is 0 Å². The first kappa shape index (κ1) is 21.6. The van der Waals surface area contributed by atoms with E-state index >= 15 is 0 Å². The fourth-order valence-electron chi connectivity index (χ4n) is 3.78. The second-order valence-corrected chi connectivity index (χ2v) is 7.06. The van der Waals surface area contributed by atoms with E-state index in [-0.39, 0.29) is 16.8 Å². The third-order valence-electron chi connectivity index (χ3n) is 5.25. The molecule has 2 aliphatic rings. The maximum atomic E-state index is 13.0. The maximum absolute atomic E-state index is 13.0. The molecule has 0 N–H and O–H groups in total. The molecule has 4 rings (SSSR count). The molecule has 6 nitrogen and oxygen atoms in total. The van der Waals surface area contributed by atoms with E-state index in [0.717, 1.165) is 24.8 Å². The molecular weight excluding hydrogens is 427 g/mol. The van der Waals surface area contributed by atoms with E-state index in [0.29, 0.717) is 5.69 Å². The van der Waals surface area contributed by atoms with Gasteiger partial charge in [0, 0.05) is 0 Å². The van der Waals surface area contributed by atoms with Crippen LogP contribution in [-0.2, 0) is 30.0 Å². The van der Waals surface area contributed by atoms with Gasteiger partial charge in [0.25, 0.3) is 0 Å². The molecule has 2 aromatic carbocycles. The Kier molecular flexibility index (Phi) is 5.52. The number of alkyl halides is 3. The summed E-state index contributed by atoms with van der Waals surface area (Å²) in [5, 5.41) is 0. The van der Waals surface area contributed by atoms with E-state index < -0.39 is 36.0 Å². The molecule has 2 aromatic rings. The van der Waals surface area contributed by atoms with Gasteiger partial charge in [-0.3, -0.25) is 0 Å². The number of para-hydroxylation sites is 1. The number of fused-ring (bicyclic) bond motifs is 3. The zero-order valence-corrected chi connectivity index (χ0v) is 17.1. The first-order chi connectivity index (χ1) is 15.3. The molecule has 0 spiro atoms. The summed E-state index contributed by atoms with van der Waals surface area (Å²) >= 11 is 0. The van der Waals surface area contributed by atoms with Crippen LogP contribution in [0.25, 0.3) is 6.08 Å². The van der Waals surface area contributed by atoms with Crippen LogP contribution >= 0.6 is 0 Å². The van der Waals surface area contributed by atoms with Crippen molar-refractivity contribution >= 4 is 23.7 Å². The molecule has 0 amide bonds. The van der Waals surface area contributed by atoms with Crippen molar-refractivity contribution in [3.05, 3.63) is 82.6 Å². The van der Waals surface area contributed by atoms with Gasteiger partial charge >= 0.3 is 18.1 Å². The molecule has 9 heteroatoms. The molecule has 0 radical (unpaired) electrons. The summed E-state index contributed by atoms with van der Waals surface area (Å²) in [5.41, 5.74) is 0.532. The largest absolute Gasteiger partial charge is 0.466 e. The molecule has 0 saturated carbocycles. The molecule has 2 aliphatic heterocycles. The summed E-state index contributed by atoms with van der Waals surface area (Å²) in [7, 11) is 2.32. The minimum atomic E-state index is -4.52. The number of benzene rings is 2. The van der Waals surface area contributed by atoms with Gasteiger partial charge in [0.1, 0.15) is 17.4 Å². The molecule has 32 heavy (non-hydrogen) atoms. The Morgan fingerprint density at radius 2 is 1.62 bits per heavy atom. The molecule has 166 valence electrons. The molecular formula is C23H18F3NO5. The predicted octanol–water partition coefficient (Wildman–Crippen LogP) is 4.24. The van der Waals surface area contributed by atoms with Crippen LogP contribution in [0.15, 0.2) is 65.9 Å². The van der Waals surface area contributed by atoms with Gasteiger partial charge in [-0.05, 0) is 35.4 Å². The van der Waals surface area contributed by atoms with Crippen LogP contribution in [0.1, 0.15) is 22.8 Å². The van der Waals surface area contributed by atoms with E-state index in [1.807, 2.05) is 12.1 Å². The summed E-state index contributed by atoms with van der Waals surface area (Å²) in [4.78, 5) is 27.2. The Balaban J connectivity index is 1.92. The Hall–Kier alpha value is -3.59. The number of halogens is 3. The van der Waals surface area contributed by atoms with Gasteiger partial charge < -0.3 is 19.1 Å². The van der Waals surface area contributed by atoms with Crippen molar-refractivity contribution in [3.8, 4) is 0 Å². The molecule has 0 bridgehead atoms. The summed E-state index contributed by atoms with van der Waals surface area (Å²) in [6, 6.07) is 11.4. The Morgan fingerprint density at radius 1 is 0.969 bits per heavy atom. The zero-order chi connectivity index (χ0) is 23.0. The topological polar surface area (TPSA) is 65.1 Å². The monoisotopic (exact) mass is 445 g/mol. The summed E-state index contributed by atoms with van der Waals surface area (Å²) in [5.74, 6) is -1.67. The lowest BCUT2D eigenvalue weighted by Crippen LogP contribution is -2.47. The van der Waals surface area contributed by atoms with Crippen LogP contribution in [-0.4, -0.2) is 32.4 Å². The van der Waals surface area contributed by atoms with Gasteiger partial charge in [-0.2, -0.15) is 13.2 Å². The number of anilines is 1. The fourth-order valence-corrected chi connectivity index (χ4v) is 3.78. The van der Waals surface area contributed by atoms with Crippen molar-refractivity contribution < 1.29 is 37.0 Å². The highest BCUT2D eigenvalue weighted by molar-refractivity contribution is 6.05. The molecule has 0 unspecified atom stereocenters. The number of nitrogens with zero attached hydrogens (tertiary/aromatic N) is 1. The minimum Gasteiger partial charge on any atom is -0.466 e. The van der Waals surface area contributed by atoms with Crippen molar-refractivity contribution in [1.29, 1.82) is 0 Å². The van der Waals surface area contributed by atoms with Crippen LogP contribution in [0.3, 0.4) is 0 Å². The molecule has 0 aromatic heterocycles. The number of hydrogen-bond donors (Lipinski definition) is 0. The van der Waals surface area contributed by atoms with Crippen LogP contribution in [0.2, 0.25) is 0 Å². The number of esters is 2. The van der Waals surface area contributed by atoms with E-state index in [1.54, 1.807) is 24.3 Å². The average molecular weight is 445 g/mol. The first-order valence-corrected chi connectivity index (χ1v) is 9.56. The molecule has 2 atom stereocenters. The van der Waals surface area contributed by atoms with Crippen molar-refractivity contribution in [2.45, 2.75) is 18.5 Å². The Bertz CT molecular complexity index is 1120. The van der Waals surface area contributed by atoms with Crippen molar-refractivity contribution in [2.24, 2.45) is 0 Å². The van der Waals surface area contributed by atoms with Crippen LogP contribution < -0.4 is 4.90 Å².